The number of rotatable bonds is 2. The summed E-state index contributed by atoms with van der Waals surface area (Å²) in [4.78, 5) is 16.9. The molecule has 0 radical (unpaired) electrons. The van der Waals surface area contributed by atoms with Crippen molar-refractivity contribution < 1.29 is 4.79 Å². The first-order valence-corrected chi connectivity index (χ1v) is 6.95. The molecule has 0 bridgehead atoms. The largest absolute Gasteiger partial charge is 0.340 e. The van der Waals surface area contributed by atoms with Crippen LogP contribution in [-0.2, 0) is 4.79 Å². The van der Waals surface area contributed by atoms with Crippen LogP contribution in [0.3, 0.4) is 0 Å². The number of hydrogen-bond donors (Lipinski definition) is 1. The molecular weight excluding hydrogens is 214 g/mol. The second-order valence-corrected chi connectivity index (χ2v) is 5.34. The van der Waals surface area contributed by atoms with Crippen molar-refractivity contribution >= 4 is 5.91 Å². The summed E-state index contributed by atoms with van der Waals surface area (Å²) < 4.78 is 0. The van der Waals surface area contributed by atoms with Gasteiger partial charge in [0.05, 0.1) is 0 Å². The molecule has 1 amide bonds. The summed E-state index contributed by atoms with van der Waals surface area (Å²) in [6, 6.07) is 0.495. The Labute approximate surface area is 104 Å². The number of amides is 1. The second kappa shape index (κ2) is 5.83. The first-order chi connectivity index (χ1) is 8.20. The average molecular weight is 239 g/mol. The van der Waals surface area contributed by atoms with E-state index in [4.69, 9.17) is 0 Å². The van der Waals surface area contributed by atoms with E-state index in [2.05, 4.69) is 29.0 Å². The lowest BCUT2D eigenvalue weighted by atomic mass is 9.92. The van der Waals surface area contributed by atoms with Gasteiger partial charge in [-0.2, -0.15) is 0 Å². The zero-order chi connectivity index (χ0) is 12.3. The van der Waals surface area contributed by atoms with Gasteiger partial charge >= 0.3 is 0 Å². The Kier molecular flexibility index (Phi) is 4.40. The fraction of sp³-hybridized carbons (Fsp3) is 0.923. The van der Waals surface area contributed by atoms with Gasteiger partial charge in [0.15, 0.2) is 0 Å². The van der Waals surface area contributed by atoms with Crippen LogP contribution in [0, 0.1) is 5.92 Å². The van der Waals surface area contributed by atoms with E-state index in [9.17, 15) is 4.79 Å². The zero-order valence-corrected chi connectivity index (χ0v) is 11.1. The van der Waals surface area contributed by atoms with Crippen molar-refractivity contribution in [2.45, 2.75) is 32.7 Å². The number of nitrogens with one attached hydrogen (secondary N) is 1. The highest BCUT2D eigenvalue weighted by molar-refractivity contribution is 5.79. The van der Waals surface area contributed by atoms with Gasteiger partial charge in [0.2, 0.25) is 5.91 Å². The van der Waals surface area contributed by atoms with Crippen LogP contribution < -0.4 is 5.32 Å². The maximum absolute atomic E-state index is 12.4. The maximum atomic E-state index is 12.4. The van der Waals surface area contributed by atoms with Crippen molar-refractivity contribution in [3.63, 3.8) is 0 Å². The minimum atomic E-state index is 0.263. The molecule has 4 nitrogen and oxygen atoms in total. The lowest BCUT2D eigenvalue weighted by Crippen LogP contribution is -2.52. The molecule has 2 saturated heterocycles. The van der Waals surface area contributed by atoms with Gasteiger partial charge in [-0.3, -0.25) is 4.79 Å². The van der Waals surface area contributed by atoms with Crippen molar-refractivity contribution in [1.82, 2.24) is 15.1 Å². The van der Waals surface area contributed by atoms with Gasteiger partial charge in [0, 0.05) is 38.1 Å². The first-order valence-electron chi connectivity index (χ1n) is 6.95. The fourth-order valence-electron chi connectivity index (χ4n) is 2.90. The van der Waals surface area contributed by atoms with Crippen molar-refractivity contribution in [3.8, 4) is 0 Å². The maximum Gasteiger partial charge on any atom is 0.225 e. The molecule has 2 aliphatic rings. The topological polar surface area (TPSA) is 35.6 Å². The Balaban J connectivity index is 1.83. The summed E-state index contributed by atoms with van der Waals surface area (Å²) in [5.41, 5.74) is 0. The second-order valence-electron chi connectivity index (χ2n) is 5.34. The summed E-state index contributed by atoms with van der Waals surface area (Å²) in [5, 5.41) is 3.41. The van der Waals surface area contributed by atoms with E-state index in [0.29, 0.717) is 11.9 Å². The quantitative estimate of drug-likeness (QED) is 0.764. The van der Waals surface area contributed by atoms with Crippen LogP contribution in [0.2, 0.25) is 0 Å². The van der Waals surface area contributed by atoms with E-state index in [1.54, 1.807) is 0 Å². The number of piperidine rings is 1. The van der Waals surface area contributed by atoms with E-state index >= 15 is 0 Å². The molecule has 0 aromatic carbocycles. The van der Waals surface area contributed by atoms with Crippen LogP contribution in [0.5, 0.6) is 0 Å². The van der Waals surface area contributed by atoms with Crippen LogP contribution in [0.4, 0.5) is 0 Å². The molecule has 0 aromatic rings. The lowest BCUT2D eigenvalue weighted by Gasteiger charge is -2.37. The van der Waals surface area contributed by atoms with E-state index in [1.807, 2.05) is 0 Å². The van der Waals surface area contributed by atoms with Gasteiger partial charge in [-0.25, -0.2) is 0 Å². The van der Waals surface area contributed by atoms with Crippen LogP contribution in [0.25, 0.3) is 0 Å². The SMILES string of the molecule is CCN1CCN(C(=O)[C@H]2CCN[C@@H](C)C2)CC1. The van der Waals surface area contributed by atoms with E-state index in [1.165, 1.54) is 0 Å². The first kappa shape index (κ1) is 12.8. The van der Waals surface area contributed by atoms with E-state index < -0.39 is 0 Å². The Morgan fingerprint density at radius 3 is 2.59 bits per heavy atom. The zero-order valence-electron chi connectivity index (χ0n) is 11.1. The van der Waals surface area contributed by atoms with Crippen molar-refractivity contribution in [2.24, 2.45) is 5.92 Å². The van der Waals surface area contributed by atoms with Crippen LogP contribution >= 0.6 is 0 Å². The fourth-order valence-corrected chi connectivity index (χ4v) is 2.90. The molecule has 2 fully saturated rings. The molecule has 2 heterocycles. The number of carbonyl (C=O) groups is 1. The molecule has 1 N–H and O–H groups in total. The molecule has 0 aliphatic carbocycles. The van der Waals surface area contributed by atoms with Crippen molar-refractivity contribution in [1.29, 1.82) is 0 Å². The molecule has 0 aromatic heterocycles. The smallest absolute Gasteiger partial charge is 0.225 e. The highest BCUT2D eigenvalue weighted by atomic mass is 16.2. The van der Waals surface area contributed by atoms with Gasteiger partial charge in [0.25, 0.3) is 0 Å². The molecule has 4 heteroatoms. The number of piperazine rings is 1. The van der Waals surface area contributed by atoms with Crippen LogP contribution in [-0.4, -0.2) is 61.0 Å². The van der Waals surface area contributed by atoms with Gasteiger partial charge in [-0.1, -0.05) is 6.92 Å². The number of carbonyl (C=O) groups excluding carboxylic acids is 1. The predicted octanol–water partition coefficient (Wildman–Crippen LogP) is 0.539. The van der Waals surface area contributed by atoms with Crippen LogP contribution in [0.1, 0.15) is 26.7 Å². The summed E-state index contributed by atoms with van der Waals surface area (Å²) in [6.07, 6.45) is 2.02. The summed E-state index contributed by atoms with van der Waals surface area (Å²) in [5.74, 6) is 0.661. The third kappa shape index (κ3) is 3.19. The van der Waals surface area contributed by atoms with Gasteiger partial charge in [0.1, 0.15) is 0 Å². The molecule has 0 spiro atoms. The minimum absolute atomic E-state index is 0.263. The Bertz CT molecular complexity index is 261. The van der Waals surface area contributed by atoms with Gasteiger partial charge in [-0.15, -0.1) is 0 Å². The monoisotopic (exact) mass is 239 g/mol. The average Bonchev–Trinajstić information content (AvgIpc) is 2.38. The standard InChI is InChI=1S/C13H25N3O/c1-3-15-6-8-16(9-7-15)13(17)12-4-5-14-11(2)10-12/h11-12,14H,3-10H2,1-2H3/t11-,12-/m0/s1. The number of hydrogen-bond acceptors (Lipinski definition) is 3. The number of nitrogens with zero attached hydrogens (tertiary/aromatic N) is 2. The minimum Gasteiger partial charge on any atom is -0.340 e. The third-order valence-electron chi connectivity index (χ3n) is 4.10. The highest BCUT2D eigenvalue weighted by Crippen LogP contribution is 2.19. The Morgan fingerprint density at radius 1 is 1.29 bits per heavy atom. The van der Waals surface area contributed by atoms with Crippen molar-refractivity contribution in [2.75, 3.05) is 39.3 Å². The molecule has 2 rings (SSSR count). The molecule has 98 valence electrons. The summed E-state index contributed by atoms with van der Waals surface area (Å²) >= 11 is 0. The Hall–Kier alpha value is -0.610. The summed E-state index contributed by atoms with van der Waals surface area (Å²) in [7, 11) is 0. The molecular formula is C13H25N3O. The predicted molar refractivity (Wildman–Crippen MR) is 68.9 cm³/mol. The molecule has 2 atom stereocenters. The molecule has 17 heavy (non-hydrogen) atoms. The molecule has 0 saturated carbocycles. The highest BCUT2D eigenvalue weighted by Gasteiger charge is 2.29. The number of likely N-dealkylation sites (N-methyl/N-ethyl adjacent to an activating group) is 1. The van der Waals surface area contributed by atoms with Gasteiger partial charge < -0.3 is 15.1 Å². The molecule has 0 unspecified atom stereocenters. The molecule has 2 aliphatic heterocycles. The Morgan fingerprint density at radius 2 is 2.00 bits per heavy atom. The summed E-state index contributed by atoms with van der Waals surface area (Å²) in [6.45, 7) is 10.4. The van der Waals surface area contributed by atoms with E-state index in [0.717, 1.165) is 52.1 Å². The van der Waals surface area contributed by atoms with E-state index in [-0.39, 0.29) is 5.92 Å². The van der Waals surface area contributed by atoms with Crippen LogP contribution in [0.15, 0.2) is 0 Å². The van der Waals surface area contributed by atoms with Gasteiger partial charge in [-0.05, 0) is 32.9 Å². The normalized spacial score (nSPS) is 31.5. The van der Waals surface area contributed by atoms with Crippen molar-refractivity contribution in [3.05, 3.63) is 0 Å². The lowest BCUT2D eigenvalue weighted by molar-refractivity contribution is -0.138. The third-order valence-corrected chi connectivity index (χ3v) is 4.10.